The van der Waals surface area contributed by atoms with E-state index in [-0.39, 0.29) is 0 Å². The lowest BCUT2D eigenvalue weighted by Crippen LogP contribution is -2.04. The number of aromatic nitrogens is 2. The van der Waals surface area contributed by atoms with Crippen molar-refractivity contribution in [2.45, 2.75) is 27.3 Å². The van der Waals surface area contributed by atoms with Gasteiger partial charge in [0, 0.05) is 11.1 Å². The third kappa shape index (κ3) is 3.74. The molecule has 0 amide bonds. The van der Waals surface area contributed by atoms with Gasteiger partial charge >= 0.3 is 0 Å². The lowest BCUT2D eigenvalue weighted by Gasteiger charge is -2.09. The van der Waals surface area contributed by atoms with Crippen LogP contribution in [-0.2, 0) is 6.54 Å². The molecule has 0 spiro atoms. The van der Waals surface area contributed by atoms with E-state index >= 15 is 0 Å². The average Bonchev–Trinajstić information content (AvgIpc) is 2.99. The van der Waals surface area contributed by atoms with Crippen LogP contribution in [-0.4, -0.2) is 9.78 Å². The molecule has 0 saturated heterocycles. The van der Waals surface area contributed by atoms with Gasteiger partial charge in [0.25, 0.3) is 0 Å². The fourth-order valence-electron chi connectivity index (χ4n) is 3.42. The molecule has 0 unspecified atom stereocenters. The van der Waals surface area contributed by atoms with Crippen LogP contribution in [0.25, 0.3) is 22.5 Å². The molecule has 2 nitrogen and oxygen atoms in total. The Morgan fingerprint density at radius 2 is 1.36 bits per heavy atom. The largest absolute Gasteiger partial charge is 0.258 e. The molecule has 0 fully saturated rings. The third-order valence-electron chi connectivity index (χ3n) is 4.96. The summed E-state index contributed by atoms with van der Waals surface area (Å²) < 4.78 is 2.02. The molecule has 4 aromatic rings. The Bertz CT molecular complexity index is 1110. The van der Waals surface area contributed by atoms with Gasteiger partial charge in [-0.2, -0.15) is 5.10 Å². The lowest BCUT2D eigenvalue weighted by molar-refractivity contribution is 0.696. The minimum atomic E-state index is 0.677. The molecule has 0 atom stereocenters. The smallest absolute Gasteiger partial charge is 0.112 e. The maximum absolute atomic E-state index is 6.89. The maximum atomic E-state index is 6.89. The first kappa shape index (κ1) is 18.5. The van der Waals surface area contributed by atoms with Crippen LogP contribution >= 0.6 is 11.6 Å². The van der Waals surface area contributed by atoms with Gasteiger partial charge in [-0.15, -0.1) is 0 Å². The molecule has 0 aliphatic heterocycles. The van der Waals surface area contributed by atoms with Crippen molar-refractivity contribution >= 4 is 11.6 Å². The summed E-state index contributed by atoms with van der Waals surface area (Å²) in [6.45, 7) is 6.96. The Balaban J connectivity index is 1.86. The molecule has 0 N–H and O–H groups in total. The molecule has 28 heavy (non-hydrogen) atoms. The number of benzene rings is 3. The van der Waals surface area contributed by atoms with Gasteiger partial charge < -0.3 is 0 Å². The summed E-state index contributed by atoms with van der Waals surface area (Å²) in [7, 11) is 0. The first-order valence-electron chi connectivity index (χ1n) is 9.47. The minimum Gasteiger partial charge on any atom is -0.258 e. The fraction of sp³-hybridized carbons (Fsp3) is 0.160. The van der Waals surface area contributed by atoms with Crippen molar-refractivity contribution in [2.24, 2.45) is 0 Å². The second kappa shape index (κ2) is 7.65. The first-order chi connectivity index (χ1) is 13.5. The van der Waals surface area contributed by atoms with Crippen LogP contribution in [0.15, 0.2) is 72.8 Å². The quantitative estimate of drug-likeness (QED) is 0.375. The number of aryl methyl sites for hydroxylation is 3. The van der Waals surface area contributed by atoms with Crippen LogP contribution in [0.2, 0.25) is 5.02 Å². The zero-order valence-electron chi connectivity index (χ0n) is 16.4. The van der Waals surface area contributed by atoms with E-state index in [0.29, 0.717) is 11.6 Å². The minimum absolute atomic E-state index is 0.677. The summed E-state index contributed by atoms with van der Waals surface area (Å²) in [5.74, 6) is 0. The van der Waals surface area contributed by atoms with Crippen molar-refractivity contribution in [1.82, 2.24) is 9.78 Å². The Labute approximate surface area is 171 Å². The SMILES string of the molecule is Cc1ccc(-c2nn(Cc3cccc(C)c3)c(-c3ccc(C)cc3)c2Cl)cc1. The summed E-state index contributed by atoms with van der Waals surface area (Å²) in [6.07, 6.45) is 0. The average molecular weight is 387 g/mol. The fourth-order valence-corrected chi connectivity index (χ4v) is 3.77. The zero-order valence-corrected chi connectivity index (χ0v) is 17.2. The van der Waals surface area contributed by atoms with E-state index in [1.807, 2.05) is 4.68 Å². The predicted molar refractivity (Wildman–Crippen MR) is 118 cm³/mol. The lowest BCUT2D eigenvalue weighted by atomic mass is 10.1. The standard InChI is InChI=1S/C25H23ClN2/c1-17-7-11-21(12-8-17)24-23(26)25(22-13-9-18(2)10-14-22)28(27-24)16-20-6-4-5-19(3)15-20/h4-15H,16H2,1-3H3. The molecule has 1 heterocycles. The normalized spacial score (nSPS) is 11.0. The van der Waals surface area contributed by atoms with Crippen molar-refractivity contribution in [3.63, 3.8) is 0 Å². The maximum Gasteiger partial charge on any atom is 0.112 e. The van der Waals surface area contributed by atoms with Crippen molar-refractivity contribution in [3.05, 3.63) is 100 Å². The van der Waals surface area contributed by atoms with E-state index in [1.54, 1.807) is 0 Å². The highest BCUT2D eigenvalue weighted by molar-refractivity contribution is 6.35. The van der Waals surface area contributed by atoms with Gasteiger partial charge in [-0.1, -0.05) is 101 Å². The van der Waals surface area contributed by atoms with Crippen LogP contribution < -0.4 is 0 Å². The van der Waals surface area contributed by atoms with Gasteiger partial charge in [0.15, 0.2) is 0 Å². The molecule has 3 aromatic carbocycles. The van der Waals surface area contributed by atoms with Crippen LogP contribution in [0.3, 0.4) is 0 Å². The summed E-state index contributed by atoms with van der Waals surface area (Å²) in [6, 6.07) is 25.3. The molecule has 1 aromatic heterocycles. The summed E-state index contributed by atoms with van der Waals surface area (Å²) in [4.78, 5) is 0. The summed E-state index contributed by atoms with van der Waals surface area (Å²) in [5.41, 5.74) is 8.79. The second-order valence-electron chi connectivity index (χ2n) is 7.39. The molecule has 0 aliphatic carbocycles. The van der Waals surface area contributed by atoms with Crippen LogP contribution in [0, 0.1) is 20.8 Å². The van der Waals surface area contributed by atoms with Crippen molar-refractivity contribution in [1.29, 1.82) is 0 Å². The summed E-state index contributed by atoms with van der Waals surface area (Å²) in [5, 5.41) is 5.61. The highest BCUT2D eigenvalue weighted by Gasteiger charge is 2.19. The van der Waals surface area contributed by atoms with Gasteiger partial charge in [0.05, 0.1) is 17.3 Å². The van der Waals surface area contributed by atoms with Crippen molar-refractivity contribution in [2.75, 3.05) is 0 Å². The van der Waals surface area contributed by atoms with E-state index in [1.165, 1.54) is 22.3 Å². The van der Waals surface area contributed by atoms with E-state index in [9.17, 15) is 0 Å². The van der Waals surface area contributed by atoms with Crippen molar-refractivity contribution < 1.29 is 0 Å². The number of halogens is 1. The number of nitrogens with zero attached hydrogens (tertiary/aromatic N) is 2. The number of hydrogen-bond donors (Lipinski definition) is 0. The van der Waals surface area contributed by atoms with E-state index in [0.717, 1.165) is 22.5 Å². The molecular weight excluding hydrogens is 364 g/mol. The molecular formula is C25H23ClN2. The molecule has 0 saturated carbocycles. The van der Waals surface area contributed by atoms with Gasteiger partial charge in [0.1, 0.15) is 5.69 Å². The molecule has 3 heteroatoms. The molecule has 140 valence electrons. The number of rotatable bonds is 4. The van der Waals surface area contributed by atoms with Crippen molar-refractivity contribution in [3.8, 4) is 22.5 Å². The molecule has 0 bridgehead atoms. The molecule has 4 rings (SSSR count). The monoisotopic (exact) mass is 386 g/mol. The van der Waals surface area contributed by atoms with E-state index in [2.05, 4.69) is 93.6 Å². The Kier molecular flexibility index (Phi) is 5.06. The predicted octanol–water partition coefficient (Wildman–Crippen LogP) is 6.84. The zero-order chi connectivity index (χ0) is 19.7. The number of hydrogen-bond acceptors (Lipinski definition) is 1. The Morgan fingerprint density at radius 3 is 1.96 bits per heavy atom. The van der Waals surface area contributed by atoms with Gasteiger partial charge in [-0.3, -0.25) is 4.68 Å². The van der Waals surface area contributed by atoms with Gasteiger partial charge in [0.2, 0.25) is 0 Å². The van der Waals surface area contributed by atoms with Gasteiger partial charge in [-0.05, 0) is 26.3 Å². The molecule has 0 aliphatic rings. The van der Waals surface area contributed by atoms with Gasteiger partial charge in [-0.25, -0.2) is 0 Å². The topological polar surface area (TPSA) is 17.8 Å². The highest BCUT2D eigenvalue weighted by atomic mass is 35.5. The van der Waals surface area contributed by atoms with Crippen LogP contribution in [0.4, 0.5) is 0 Å². The highest BCUT2D eigenvalue weighted by Crippen LogP contribution is 2.37. The first-order valence-corrected chi connectivity index (χ1v) is 9.85. The Morgan fingerprint density at radius 1 is 0.750 bits per heavy atom. The summed E-state index contributed by atoms with van der Waals surface area (Å²) >= 11 is 6.89. The van der Waals surface area contributed by atoms with E-state index < -0.39 is 0 Å². The Hall–Kier alpha value is -2.84. The third-order valence-corrected chi connectivity index (χ3v) is 5.32. The van der Waals surface area contributed by atoms with Crippen LogP contribution in [0.5, 0.6) is 0 Å². The molecule has 0 radical (unpaired) electrons. The van der Waals surface area contributed by atoms with E-state index in [4.69, 9.17) is 16.7 Å². The van der Waals surface area contributed by atoms with Crippen LogP contribution in [0.1, 0.15) is 22.3 Å². The second-order valence-corrected chi connectivity index (χ2v) is 7.77.